The van der Waals surface area contributed by atoms with Gasteiger partial charge in [0, 0.05) is 13.0 Å². The maximum Gasteiger partial charge on any atom is 0.338 e. The van der Waals surface area contributed by atoms with E-state index in [1.165, 1.54) is 0 Å². The van der Waals surface area contributed by atoms with Crippen LogP contribution >= 0.6 is 0 Å². The Morgan fingerprint density at radius 2 is 2.25 bits per heavy atom. The average molecular weight is 224 g/mol. The molecule has 1 aromatic carbocycles. The van der Waals surface area contributed by atoms with Gasteiger partial charge in [-0.15, -0.1) is 0 Å². The van der Waals surface area contributed by atoms with Gasteiger partial charge in [-0.25, -0.2) is 4.79 Å². The largest absolute Gasteiger partial charge is 0.493 e. The number of aliphatic hydroxyl groups is 1. The predicted octanol–water partition coefficient (Wildman–Crippen LogP) is 1.62. The molecule has 1 N–H and O–H groups in total. The van der Waals surface area contributed by atoms with Crippen LogP contribution < -0.4 is 4.74 Å². The smallest absolute Gasteiger partial charge is 0.338 e. The van der Waals surface area contributed by atoms with Crippen molar-refractivity contribution in [1.29, 1.82) is 0 Å². The van der Waals surface area contributed by atoms with Crippen LogP contribution in [0.1, 0.15) is 23.7 Å². The molecule has 0 aliphatic rings. The summed E-state index contributed by atoms with van der Waals surface area (Å²) in [6.45, 7) is 2.65. The number of hydrogen-bond donors (Lipinski definition) is 1. The summed E-state index contributed by atoms with van der Waals surface area (Å²) in [6.07, 6.45) is 0.573. The maximum atomic E-state index is 11.4. The van der Waals surface area contributed by atoms with Gasteiger partial charge in [-0.05, 0) is 25.1 Å². The quantitative estimate of drug-likeness (QED) is 0.589. The molecule has 0 heterocycles. The van der Waals surface area contributed by atoms with E-state index in [1.807, 2.05) is 0 Å². The van der Waals surface area contributed by atoms with Crippen LogP contribution in [0.2, 0.25) is 0 Å². The highest BCUT2D eigenvalue weighted by atomic mass is 16.5. The van der Waals surface area contributed by atoms with E-state index in [4.69, 9.17) is 14.6 Å². The first-order valence-corrected chi connectivity index (χ1v) is 5.28. The zero-order valence-corrected chi connectivity index (χ0v) is 9.31. The molecular formula is C12H16O4. The van der Waals surface area contributed by atoms with Gasteiger partial charge in [0.25, 0.3) is 0 Å². The van der Waals surface area contributed by atoms with Gasteiger partial charge in [0.1, 0.15) is 5.75 Å². The molecule has 0 bridgehead atoms. The van der Waals surface area contributed by atoms with E-state index in [1.54, 1.807) is 31.2 Å². The average Bonchev–Trinajstić information content (AvgIpc) is 2.30. The van der Waals surface area contributed by atoms with E-state index in [0.29, 0.717) is 30.9 Å². The first kappa shape index (κ1) is 12.5. The van der Waals surface area contributed by atoms with E-state index in [0.717, 1.165) is 0 Å². The van der Waals surface area contributed by atoms with E-state index in [-0.39, 0.29) is 12.6 Å². The molecule has 16 heavy (non-hydrogen) atoms. The fourth-order valence-electron chi connectivity index (χ4n) is 1.18. The van der Waals surface area contributed by atoms with Gasteiger partial charge in [0.2, 0.25) is 0 Å². The summed E-state index contributed by atoms with van der Waals surface area (Å²) in [5.41, 5.74) is 0.475. The lowest BCUT2D eigenvalue weighted by atomic mass is 10.2. The molecule has 0 saturated carbocycles. The lowest BCUT2D eigenvalue weighted by Crippen LogP contribution is -2.05. The Morgan fingerprint density at radius 3 is 2.94 bits per heavy atom. The highest BCUT2D eigenvalue weighted by molar-refractivity contribution is 5.89. The molecule has 0 saturated heterocycles. The summed E-state index contributed by atoms with van der Waals surface area (Å²) < 4.78 is 10.2. The predicted molar refractivity (Wildman–Crippen MR) is 59.6 cm³/mol. The molecule has 0 aliphatic heterocycles. The third kappa shape index (κ3) is 3.90. The first-order chi connectivity index (χ1) is 7.77. The minimum atomic E-state index is -0.352. The van der Waals surface area contributed by atoms with Crippen molar-refractivity contribution in [2.45, 2.75) is 13.3 Å². The van der Waals surface area contributed by atoms with Crippen LogP contribution in [0.5, 0.6) is 5.75 Å². The standard InChI is InChI=1S/C12H16O4/c1-2-15-12(14)10-5-3-6-11(9-10)16-8-4-7-13/h3,5-6,9,13H,2,4,7-8H2,1H3. The van der Waals surface area contributed by atoms with E-state index >= 15 is 0 Å². The fraction of sp³-hybridized carbons (Fsp3) is 0.417. The lowest BCUT2D eigenvalue weighted by Gasteiger charge is -2.06. The topological polar surface area (TPSA) is 55.8 Å². The fourth-order valence-corrected chi connectivity index (χ4v) is 1.18. The Kier molecular flexibility index (Phi) is 5.36. The second kappa shape index (κ2) is 6.85. The Morgan fingerprint density at radius 1 is 1.44 bits per heavy atom. The van der Waals surface area contributed by atoms with Crippen molar-refractivity contribution in [3.05, 3.63) is 29.8 Å². The highest BCUT2D eigenvalue weighted by Crippen LogP contribution is 2.14. The van der Waals surface area contributed by atoms with Crippen LogP contribution in [0, 0.1) is 0 Å². The molecule has 0 aromatic heterocycles. The van der Waals surface area contributed by atoms with Crippen molar-refractivity contribution in [2.75, 3.05) is 19.8 Å². The number of rotatable bonds is 6. The minimum absolute atomic E-state index is 0.0948. The third-order valence-electron chi connectivity index (χ3n) is 1.92. The zero-order valence-electron chi connectivity index (χ0n) is 9.31. The second-order valence-electron chi connectivity index (χ2n) is 3.17. The summed E-state index contributed by atoms with van der Waals surface area (Å²) in [6, 6.07) is 6.81. The maximum absolute atomic E-state index is 11.4. The van der Waals surface area contributed by atoms with Crippen molar-refractivity contribution in [3.8, 4) is 5.75 Å². The van der Waals surface area contributed by atoms with E-state index in [2.05, 4.69) is 0 Å². The third-order valence-corrected chi connectivity index (χ3v) is 1.92. The number of ether oxygens (including phenoxy) is 2. The Balaban J connectivity index is 2.60. The summed E-state index contributed by atoms with van der Waals surface area (Å²) in [7, 11) is 0. The van der Waals surface area contributed by atoms with Crippen molar-refractivity contribution >= 4 is 5.97 Å². The van der Waals surface area contributed by atoms with Crippen LogP contribution in [0.3, 0.4) is 0 Å². The monoisotopic (exact) mass is 224 g/mol. The van der Waals surface area contributed by atoms with Crippen molar-refractivity contribution in [2.24, 2.45) is 0 Å². The van der Waals surface area contributed by atoms with E-state index in [9.17, 15) is 4.79 Å². The summed E-state index contributed by atoms with van der Waals surface area (Å²) in [5, 5.41) is 8.60. The molecule has 88 valence electrons. The van der Waals surface area contributed by atoms with Crippen LogP contribution in [0.25, 0.3) is 0 Å². The molecular weight excluding hydrogens is 208 g/mol. The minimum Gasteiger partial charge on any atom is -0.493 e. The number of benzene rings is 1. The van der Waals surface area contributed by atoms with Gasteiger partial charge in [0.05, 0.1) is 18.8 Å². The normalized spacial score (nSPS) is 9.88. The van der Waals surface area contributed by atoms with E-state index < -0.39 is 0 Å². The van der Waals surface area contributed by atoms with Gasteiger partial charge >= 0.3 is 5.97 Å². The summed E-state index contributed by atoms with van der Waals surface area (Å²) >= 11 is 0. The summed E-state index contributed by atoms with van der Waals surface area (Å²) in [5.74, 6) is 0.258. The lowest BCUT2D eigenvalue weighted by molar-refractivity contribution is 0.0526. The van der Waals surface area contributed by atoms with Crippen molar-refractivity contribution < 1.29 is 19.4 Å². The SMILES string of the molecule is CCOC(=O)c1cccc(OCCCO)c1. The number of aliphatic hydroxyl groups excluding tert-OH is 1. The second-order valence-corrected chi connectivity index (χ2v) is 3.17. The van der Waals surface area contributed by atoms with Crippen LogP contribution in [-0.2, 0) is 4.74 Å². The summed E-state index contributed by atoms with van der Waals surface area (Å²) in [4.78, 5) is 11.4. The first-order valence-electron chi connectivity index (χ1n) is 5.28. The van der Waals surface area contributed by atoms with Crippen molar-refractivity contribution in [1.82, 2.24) is 0 Å². The van der Waals surface area contributed by atoms with Crippen molar-refractivity contribution in [3.63, 3.8) is 0 Å². The van der Waals surface area contributed by atoms with Gasteiger partial charge in [-0.1, -0.05) is 6.07 Å². The highest BCUT2D eigenvalue weighted by Gasteiger charge is 2.06. The molecule has 1 aromatic rings. The Hall–Kier alpha value is -1.55. The molecule has 4 nitrogen and oxygen atoms in total. The number of carbonyl (C=O) groups is 1. The molecule has 0 fully saturated rings. The van der Waals surface area contributed by atoms with Gasteiger partial charge in [-0.2, -0.15) is 0 Å². The molecule has 0 atom stereocenters. The van der Waals surface area contributed by atoms with Gasteiger partial charge in [0.15, 0.2) is 0 Å². The molecule has 4 heteroatoms. The molecule has 0 amide bonds. The van der Waals surface area contributed by atoms with Crippen LogP contribution in [0.15, 0.2) is 24.3 Å². The molecule has 0 unspecified atom stereocenters. The van der Waals surface area contributed by atoms with Gasteiger partial charge in [-0.3, -0.25) is 0 Å². The Bertz CT molecular complexity index is 336. The zero-order chi connectivity index (χ0) is 11.8. The van der Waals surface area contributed by atoms with Crippen LogP contribution in [-0.4, -0.2) is 30.9 Å². The van der Waals surface area contributed by atoms with Gasteiger partial charge < -0.3 is 14.6 Å². The number of hydrogen-bond acceptors (Lipinski definition) is 4. The molecule has 1 rings (SSSR count). The van der Waals surface area contributed by atoms with Crippen LogP contribution in [0.4, 0.5) is 0 Å². The number of esters is 1. The number of carbonyl (C=O) groups excluding carboxylic acids is 1. The molecule has 0 radical (unpaired) electrons. The molecule has 0 aliphatic carbocycles. The molecule has 0 spiro atoms. The Labute approximate surface area is 94.8 Å².